The predicted octanol–water partition coefficient (Wildman–Crippen LogP) is 4.10. The third kappa shape index (κ3) is 4.69. The Morgan fingerprint density at radius 1 is 0.880 bits per heavy atom. The number of nitrogens with one attached hydrogen (secondary N) is 2. The molecule has 0 aliphatic heterocycles. The molecule has 1 aliphatic carbocycles. The van der Waals surface area contributed by atoms with Crippen molar-refractivity contribution in [3.63, 3.8) is 0 Å². The van der Waals surface area contributed by atoms with Crippen molar-refractivity contribution in [3.05, 3.63) is 65.7 Å². The summed E-state index contributed by atoms with van der Waals surface area (Å²) in [5, 5.41) is 5.84. The van der Waals surface area contributed by atoms with Crippen LogP contribution in [0.1, 0.15) is 54.4 Å². The fourth-order valence-corrected chi connectivity index (χ4v) is 3.47. The third-order valence-corrected chi connectivity index (χ3v) is 4.80. The number of benzene rings is 2. The number of carbonyl (C=O) groups is 2. The normalized spacial score (nSPS) is 19.9. The lowest BCUT2D eigenvalue weighted by atomic mass is 9.82. The van der Waals surface area contributed by atoms with Gasteiger partial charge in [0.15, 0.2) is 0 Å². The van der Waals surface area contributed by atoms with Crippen LogP contribution in [0.5, 0.6) is 0 Å². The highest BCUT2D eigenvalue weighted by Gasteiger charge is 2.23. The van der Waals surface area contributed by atoms with Gasteiger partial charge in [-0.05, 0) is 61.4 Å². The van der Waals surface area contributed by atoms with E-state index in [1.54, 1.807) is 24.3 Å². The van der Waals surface area contributed by atoms with Gasteiger partial charge in [-0.3, -0.25) is 9.59 Å². The molecule has 0 aromatic heterocycles. The minimum Gasteiger partial charge on any atom is -0.349 e. The van der Waals surface area contributed by atoms with Gasteiger partial charge < -0.3 is 10.6 Å². The molecule has 1 fully saturated rings. The molecule has 0 unspecified atom stereocenters. The second-order valence-electron chi connectivity index (χ2n) is 6.69. The topological polar surface area (TPSA) is 58.2 Å². The van der Waals surface area contributed by atoms with Gasteiger partial charge >= 0.3 is 0 Å². The van der Waals surface area contributed by atoms with E-state index in [1.165, 1.54) is 12.5 Å². The van der Waals surface area contributed by atoms with E-state index in [1.807, 2.05) is 6.07 Å². The van der Waals surface area contributed by atoms with Crippen LogP contribution in [-0.2, 0) is 4.79 Å². The van der Waals surface area contributed by atoms with Crippen LogP contribution < -0.4 is 10.6 Å². The molecular weight excluding hydrogens is 312 g/mol. The summed E-state index contributed by atoms with van der Waals surface area (Å²) in [6.07, 6.45) is 4.23. The average Bonchev–Trinajstić information content (AvgIpc) is 2.63. The van der Waals surface area contributed by atoms with Crippen LogP contribution in [0.4, 0.5) is 5.69 Å². The summed E-state index contributed by atoms with van der Waals surface area (Å²) in [6, 6.07) is 17.9. The van der Waals surface area contributed by atoms with Crippen LogP contribution in [0.15, 0.2) is 54.6 Å². The number of anilines is 1. The Hall–Kier alpha value is -2.62. The predicted molar refractivity (Wildman–Crippen MR) is 99.7 cm³/mol. The molecule has 130 valence electrons. The maximum atomic E-state index is 12.4. The van der Waals surface area contributed by atoms with Gasteiger partial charge in [0.2, 0.25) is 5.91 Å². The molecule has 2 aromatic carbocycles. The molecule has 2 N–H and O–H groups in total. The van der Waals surface area contributed by atoms with E-state index in [0.717, 1.165) is 25.7 Å². The number of hydrogen-bond acceptors (Lipinski definition) is 2. The summed E-state index contributed by atoms with van der Waals surface area (Å²) >= 11 is 0. The molecule has 0 radical (unpaired) electrons. The van der Waals surface area contributed by atoms with Crippen LogP contribution in [0.25, 0.3) is 0 Å². The zero-order valence-corrected chi connectivity index (χ0v) is 14.5. The van der Waals surface area contributed by atoms with Gasteiger partial charge in [-0.1, -0.05) is 30.3 Å². The van der Waals surface area contributed by atoms with Crippen molar-refractivity contribution < 1.29 is 9.59 Å². The Labute approximate surface area is 148 Å². The Morgan fingerprint density at radius 3 is 2.12 bits per heavy atom. The molecule has 4 nitrogen and oxygen atoms in total. The SMILES string of the molecule is CC(=O)Nc1ccc(C(=O)NC2CCC(c3ccccc3)CC2)cc1. The lowest BCUT2D eigenvalue weighted by Gasteiger charge is -2.29. The Kier molecular flexibility index (Phi) is 5.49. The Morgan fingerprint density at radius 2 is 1.52 bits per heavy atom. The smallest absolute Gasteiger partial charge is 0.251 e. The van der Waals surface area contributed by atoms with Gasteiger partial charge in [-0.15, -0.1) is 0 Å². The largest absolute Gasteiger partial charge is 0.349 e. The van der Waals surface area contributed by atoms with E-state index in [2.05, 4.69) is 34.9 Å². The molecule has 0 atom stereocenters. The number of rotatable bonds is 4. The van der Waals surface area contributed by atoms with Gasteiger partial charge in [-0.2, -0.15) is 0 Å². The van der Waals surface area contributed by atoms with E-state index in [9.17, 15) is 9.59 Å². The van der Waals surface area contributed by atoms with Crippen LogP contribution in [0.3, 0.4) is 0 Å². The molecule has 2 aromatic rings. The van der Waals surface area contributed by atoms with E-state index >= 15 is 0 Å². The first kappa shape index (κ1) is 17.2. The van der Waals surface area contributed by atoms with Crippen molar-refractivity contribution in [1.29, 1.82) is 0 Å². The van der Waals surface area contributed by atoms with Crippen LogP contribution in [-0.4, -0.2) is 17.9 Å². The minimum atomic E-state index is -0.118. The third-order valence-electron chi connectivity index (χ3n) is 4.80. The van der Waals surface area contributed by atoms with Crippen LogP contribution >= 0.6 is 0 Å². The van der Waals surface area contributed by atoms with Crippen molar-refractivity contribution in [2.75, 3.05) is 5.32 Å². The second kappa shape index (κ2) is 7.97. The van der Waals surface area contributed by atoms with Crippen LogP contribution in [0.2, 0.25) is 0 Å². The molecule has 0 bridgehead atoms. The molecule has 0 saturated heterocycles. The summed E-state index contributed by atoms with van der Waals surface area (Å²) in [4.78, 5) is 23.4. The number of hydrogen-bond donors (Lipinski definition) is 2. The zero-order chi connectivity index (χ0) is 17.6. The maximum absolute atomic E-state index is 12.4. The van der Waals surface area contributed by atoms with Gasteiger partial charge in [0.1, 0.15) is 0 Å². The fraction of sp³-hybridized carbons (Fsp3) is 0.333. The second-order valence-corrected chi connectivity index (χ2v) is 6.69. The highest BCUT2D eigenvalue weighted by atomic mass is 16.2. The molecule has 0 spiro atoms. The summed E-state index contributed by atoms with van der Waals surface area (Å²) in [5.74, 6) is 0.441. The van der Waals surface area contributed by atoms with Crippen LogP contribution in [0, 0.1) is 0 Å². The van der Waals surface area contributed by atoms with Crippen molar-refractivity contribution in [3.8, 4) is 0 Å². The lowest BCUT2D eigenvalue weighted by Crippen LogP contribution is -2.37. The van der Waals surface area contributed by atoms with E-state index in [-0.39, 0.29) is 17.9 Å². The number of carbonyl (C=O) groups excluding carboxylic acids is 2. The molecule has 4 heteroatoms. The molecule has 3 rings (SSSR count). The van der Waals surface area contributed by atoms with Gasteiger partial charge in [-0.25, -0.2) is 0 Å². The van der Waals surface area contributed by atoms with Crippen molar-refractivity contribution in [1.82, 2.24) is 5.32 Å². The van der Waals surface area contributed by atoms with Gasteiger partial charge in [0.05, 0.1) is 0 Å². The molecule has 0 heterocycles. The minimum absolute atomic E-state index is 0.0439. The first-order chi connectivity index (χ1) is 12.1. The molecule has 25 heavy (non-hydrogen) atoms. The zero-order valence-electron chi connectivity index (χ0n) is 14.5. The average molecular weight is 336 g/mol. The molecular formula is C21H24N2O2. The molecule has 2 amide bonds. The van der Waals surface area contributed by atoms with Gasteiger partial charge in [0.25, 0.3) is 5.91 Å². The van der Waals surface area contributed by atoms with Crippen molar-refractivity contribution in [2.45, 2.75) is 44.6 Å². The highest BCUT2D eigenvalue weighted by Crippen LogP contribution is 2.32. The summed E-state index contributed by atoms with van der Waals surface area (Å²) in [5.41, 5.74) is 2.73. The monoisotopic (exact) mass is 336 g/mol. The van der Waals surface area contributed by atoms with E-state index in [4.69, 9.17) is 0 Å². The van der Waals surface area contributed by atoms with E-state index < -0.39 is 0 Å². The summed E-state index contributed by atoms with van der Waals surface area (Å²) in [6.45, 7) is 1.46. The highest BCUT2D eigenvalue weighted by molar-refractivity contribution is 5.95. The molecule has 1 saturated carbocycles. The summed E-state index contributed by atoms with van der Waals surface area (Å²) < 4.78 is 0. The Balaban J connectivity index is 1.51. The van der Waals surface area contributed by atoms with E-state index in [0.29, 0.717) is 17.2 Å². The van der Waals surface area contributed by atoms with Crippen molar-refractivity contribution >= 4 is 17.5 Å². The quantitative estimate of drug-likeness (QED) is 0.883. The maximum Gasteiger partial charge on any atom is 0.251 e. The molecule has 1 aliphatic rings. The first-order valence-electron chi connectivity index (χ1n) is 8.85. The standard InChI is InChI=1S/C21H24N2O2/c1-15(24)22-19-13-9-18(10-14-19)21(25)23-20-11-7-17(8-12-20)16-5-3-2-4-6-16/h2-6,9-10,13-14,17,20H,7-8,11-12H2,1H3,(H,22,24)(H,23,25). The fourth-order valence-electron chi connectivity index (χ4n) is 3.47. The van der Waals surface area contributed by atoms with Crippen molar-refractivity contribution in [2.24, 2.45) is 0 Å². The van der Waals surface area contributed by atoms with Gasteiger partial charge in [0, 0.05) is 24.2 Å². The Bertz CT molecular complexity index is 717. The number of amides is 2. The summed E-state index contributed by atoms with van der Waals surface area (Å²) in [7, 11) is 0. The first-order valence-corrected chi connectivity index (χ1v) is 8.85. The lowest BCUT2D eigenvalue weighted by molar-refractivity contribution is -0.114.